The van der Waals surface area contributed by atoms with E-state index in [4.69, 9.17) is 5.11 Å². The molecule has 0 saturated heterocycles. The second-order valence-electron chi connectivity index (χ2n) is 2.83. The van der Waals surface area contributed by atoms with Gasteiger partial charge in [0.05, 0.1) is 0 Å². The molecule has 70 valence electrons. The van der Waals surface area contributed by atoms with Gasteiger partial charge in [0, 0.05) is 0 Å². The molecule has 0 fully saturated rings. The van der Waals surface area contributed by atoms with Crippen LogP contribution in [0.25, 0.3) is 0 Å². The molecule has 0 spiro atoms. The molecule has 1 N–H and O–H groups in total. The van der Waals surface area contributed by atoms with Crippen molar-refractivity contribution in [1.82, 2.24) is 0 Å². The zero-order valence-corrected chi connectivity index (χ0v) is 9.48. The van der Waals surface area contributed by atoms with Crippen molar-refractivity contribution < 1.29 is 9.90 Å². The maximum atomic E-state index is 11.0. The van der Waals surface area contributed by atoms with E-state index in [9.17, 15) is 4.79 Å². The normalized spacial score (nSPS) is 14.9. The minimum atomic E-state index is -0.779. The Morgan fingerprint density at radius 3 is 2.38 bits per heavy atom. The summed E-state index contributed by atoms with van der Waals surface area (Å²) in [6.45, 7) is 1.88. The summed E-state index contributed by atoms with van der Waals surface area (Å²) < 4.78 is -0.779. The quantitative estimate of drug-likeness (QED) is 0.686. The summed E-state index contributed by atoms with van der Waals surface area (Å²) in [6.07, 6.45) is 0.590. The minimum absolute atomic E-state index is 0.590. The first-order chi connectivity index (χ1) is 6.11. The fraction of sp³-hybridized carbons (Fsp3) is 0.300. The molecule has 0 radical (unpaired) electrons. The highest BCUT2D eigenvalue weighted by Crippen LogP contribution is 2.35. The average molecular weight is 290 g/mol. The van der Waals surface area contributed by atoms with Gasteiger partial charge >= 0.3 is 5.97 Å². The molecule has 1 atom stereocenters. The van der Waals surface area contributed by atoms with Gasteiger partial charge in [-0.2, -0.15) is 0 Å². The number of carboxylic acids is 1. The second kappa shape index (κ2) is 4.09. The Bertz CT molecular complexity index is 297. The molecule has 1 unspecified atom stereocenters. The molecule has 1 aromatic rings. The van der Waals surface area contributed by atoms with E-state index in [1.165, 1.54) is 0 Å². The number of carboxylic acid groups (broad SMARTS) is 1. The van der Waals surface area contributed by atoms with Gasteiger partial charge in [-0.05, 0) is 12.0 Å². The molecular weight excluding hydrogens is 279 g/mol. The molecule has 0 amide bonds. The van der Waals surface area contributed by atoms with Gasteiger partial charge < -0.3 is 5.11 Å². The van der Waals surface area contributed by atoms with Crippen molar-refractivity contribution in [3.63, 3.8) is 0 Å². The molecule has 0 heterocycles. The van der Waals surface area contributed by atoms with Gasteiger partial charge in [0.1, 0.15) is 3.42 Å². The molecule has 0 aromatic heterocycles. The molecule has 0 aliphatic heterocycles. The van der Waals surface area contributed by atoms with E-state index in [2.05, 4.69) is 0 Å². The molecule has 0 saturated carbocycles. The monoisotopic (exact) mass is 290 g/mol. The van der Waals surface area contributed by atoms with E-state index >= 15 is 0 Å². The van der Waals surface area contributed by atoms with E-state index in [0.717, 1.165) is 5.56 Å². The third-order valence-corrected chi connectivity index (χ3v) is 3.90. The summed E-state index contributed by atoms with van der Waals surface area (Å²) in [5.74, 6) is -0.776. The predicted octanol–water partition coefficient (Wildman–Crippen LogP) is 2.81. The molecule has 1 aromatic carbocycles. The number of hydrogen-bond acceptors (Lipinski definition) is 1. The first-order valence-electron chi connectivity index (χ1n) is 4.09. The fourth-order valence-electron chi connectivity index (χ4n) is 1.18. The second-order valence-corrected chi connectivity index (χ2v) is 4.67. The van der Waals surface area contributed by atoms with Crippen molar-refractivity contribution in [1.29, 1.82) is 0 Å². The molecular formula is C10H11IO2. The highest BCUT2D eigenvalue weighted by Gasteiger charge is 2.34. The first kappa shape index (κ1) is 10.5. The Kier molecular flexibility index (Phi) is 3.30. The highest BCUT2D eigenvalue weighted by atomic mass is 127. The third kappa shape index (κ3) is 2.02. The lowest BCUT2D eigenvalue weighted by Crippen LogP contribution is -2.27. The molecule has 0 bridgehead atoms. The van der Waals surface area contributed by atoms with Crippen molar-refractivity contribution in [2.24, 2.45) is 0 Å². The third-order valence-electron chi connectivity index (χ3n) is 2.06. The van der Waals surface area contributed by atoms with Gasteiger partial charge in [-0.15, -0.1) is 0 Å². The predicted molar refractivity (Wildman–Crippen MR) is 60.1 cm³/mol. The zero-order valence-electron chi connectivity index (χ0n) is 7.33. The topological polar surface area (TPSA) is 37.3 Å². The summed E-state index contributed by atoms with van der Waals surface area (Å²) in [5.41, 5.74) is 0.852. The first-order valence-corrected chi connectivity index (χ1v) is 5.17. The Labute approximate surface area is 91.1 Å². The number of benzene rings is 1. The van der Waals surface area contributed by atoms with Crippen molar-refractivity contribution in [2.75, 3.05) is 0 Å². The van der Waals surface area contributed by atoms with Crippen LogP contribution in [0.15, 0.2) is 30.3 Å². The number of rotatable bonds is 3. The highest BCUT2D eigenvalue weighted by molar-refractivity contribution is 14.1. The summed E-state index contributed by atoms with van der Waals surface area (Å²) in [5, 5.41) is 9.08. The van der Waals surface area contributed by atoms with Crippen LogP contribution in [0.4, 0.5) is 0 Å². The maximum absolute atomic E-state index is 11.0. The van der Waals surface area contributed by atoms with Crippen molar-refractivity contribution in [3.8, 4) is 0 Å². The summed E-state index contributed by atoms with van der Waals surface area (Å²) >= 11 is 2.00. The lowest BCUT2D eigenvalue weighted by molar-refractivity contribution is -0.139. The molecule has 0 aliphatic carbocycles. The van der Waals surface area contributed by atoms with Crippen LogP contribution in [0, 0.1) is 0 Å². The summed E-state index contributed by atoms with van der Waals surface area (Å²) in [6, 6.07) is 9.31. The zero-order chi connectivity index (χ0) is 9.90. The summed E-state index contributed by atoms with van der Waals surface area (Å²) in [7, 11) is 0. The van der Waals surface area contributed by atoms with Crippen molar-refractivity contribution in [3.05, 3.63) is 35.9 Å². The number of aliphatic carboxylic acids is 1. The van der Waals surface area contributed by atoms with E-state index in [-0.39, 0.29) is 0 Å². The van der Waals surface area contributed by atoms with Crippen molar-refractivity contribution in [2.45, 2.75) is 16.8 Å². The van der Waals surface area contributed by atoms with Crippen LogP contribution in [0.1, 0.15) is 18.9 Å². The lowest BCUT2D eigenvalue weighted by atomic mass is 9.97. The van der Waals surface area contributed by atoms with Crippen LogP contribution in [-0.4, -0.2) is 11.1 Å². The molecule has 3 heteroatoms. The number of alkyl halides is 1. The SMILES string of the molecule is CCC(I)(C(=O)O)c1ccccc1. The lowest BCUT2D eigenvalue weighted by Gasteiger charge is -2.21. The van der Waals surface area contributed by atoms with Crippen LogP contribution < -0.4 is 0 Å². The van der Waals surface area contributed by atoms with Crippen LogP contribution in [0.2, 0.25) is 0 Å². The smallest absolute Gasteiger partial charge is 0.324 e. The number of carbonyl (C=O) groups is 1. The number of halogens is 1. The van der Waals surface area contributed by atoms with Gasteiger partial charge in [-0.3, -0.25) is 4.79 Å². The molecule has 0 aliphatic rings. The number of hydrogen-bond donors (Lipinski definition) is 1. The molecule has 2 nitrogen and oxygen atoms in total. The fourth-order valence-corrected chi connectivity index (χ4v) is 1.54. The van der Waals surface area contributed by atoms with Crippen LogP contribution in [-0.2, 0) is 8.22 Å². The van der Waals surface area contributed by atoms with E-state index in [1.807, 2.05) is 59.8 Å². The van der Waals surface area contributed by atoms with Gasteiger partial charge in [0.25, 0.3) is 0 Å². The van der Waals surface area contributed by atoms with Gasteiger partial charge in [-0.25, -0.2) is 0 Å². The van der Waals surface area contributed by atoms with E-state index < -0.39 is 9.39 Å². The van der Waals surface area contributed by atoms with Crippen LogP contribution >= 0.6 is 22.6 Å². The van der Waals surface area contributed by atoms with E-state index in [1.54, 1.807) is 0 Å². The Morgan fingerprint density at radius 1 is 1.46 bits per heavy atom. The minimum Gasteiger partial charge on any atom is -0.480 e. The van der Waals surface area contributed by atoms with Gasteiger partial charge in [0.15, 0.2) is 0 Å². The average Bonchev–Trinajstić information content (AvgIpc) is 2.17. The molecule has 1 rings (SSSR count). The summed E-state index contributed by atoms with van der Waals surface area (Å²) in [4.78, 5) is 11.0. The largest absolute Gasteiger partial charge is 0.480 e. The van der Waals surface area contributed by atoms with Crippen LogP contribution in [0.5, 0.6) is 0 Å². The maximum Gasteiger partial charge on any atom is 0.324 e. The Morgan fingerprint density at radius 2 is 2.00 bits per heavy atom. The van der Waals surface area contributed by atoms with E-state index in [0.29, 0.717) is 6.42 Å². The standard InChI is InChI=1S/C10H11IO2/c1-2-10(11,9(12)13)8-6-4-3-5-7-8/h3-7H,2H2,1H3,(H,12,13). The van der Waals surface area contributed by atoms with Gasteiger partial charge in [-0.1, -0.05) is 59.8 Å². The van der Waals surface area contributed by atoms with Crippen LogP contribution in [0.3, 0.4) is 0 Å². The Balaban J connectivity index is 3.11. The van der Waals surface area contributed by atoms with Crippen molar-refractivity contribution >= 4 is 28.6 Å². The Hall–Kier alpha value is -0.580. The van der Waals surface area contributed by atoms with Gasteiger partial charge in [0.2, 0.25) is 0 Å². The molecule has 13 heavy (non-hydrogen) atoms.